The number of rotatable bonds is 5. The van der Waals surface area contributed by atoms with E-state index in [1.807, 2.05) is 6.92 Å². The SMILES string of the molecule is CC1=CCCC(C)(C)/C1=C/C=C(C)/C=C/C=C(\C)CCO. The first kappa shape index (κ1) is 17.7. The highest BCUT2D eigenvalue weighted by Gasteiger charge is 2.26. The fraction of sp³-hybridized carbons (Fsp3) is 0.500. The minimum absolute atomic E-state index is 0.220. The van der Waals surface area contributed by atoms with Gasteiger partial charge in [0, 0.05) is 6.61 Å². The molecule has 1 N–H and O–H groups in total. The van der Waals surface area contributed by atoms with Gasteiger partial charge in [-0.15, -0.1) is 0 Å². The molecule has 0 amide bonds. The molecule has 0 atom stereocenters. The van der Waals surface area contributed by atoms with Crippen molar-refractivity contribution < 1.29 is 5.11 Å². The molecular formula is C20H30O. The lowest BCUT2D eigenvalue weighted by atomic mass is 9.73. The lowest BCUT2D eigenvalue weighted by Crippen LogP contribution is -2.18. The van der Waals surface area contributed by atoms with Crippen LogP contribution in [0.15, 0.2) is 58.7 Å². The summed E-state index contributed by atoms with van der Waals surface area (Å²) in [5, 5.41) is 8.86. The second kappa shape index (κ2) is 8.19. The van der Waals surface area contributed by atoms with Crippen molar-refractivity contribution in [2.75, 3.05) is 6.61 Å². The molecule has 1 aliphatic rings. The molecule has 0 fully saturated rings. The quantitative estimate of drug-likeness (QED) is 0.661. The van der Waals surface area contributed by atoms with Crippen molar-refractivity contribution in [3.05, 3.63) is 58.7 Å². The third-order valence-corrected chi connectivity index (χ3v) is 4.13. The van der Waals surface area contributed by atoms with E-state index in [2.05, 4.69) is 64.2 Å². The van der Waals surface area contributed by atoms with Crippen molar-refractivity contribution in [2.24, 2.45) is 5.41 Å². The fourth-order valence-electron chi connectivity index (χ4n) is 2.68. The van der Waals surface area contributed by atoms with Crippen molar-refractivity contribution >= 4 is 0 Å². The Hall–Kier alpha value is -1.34. The summed E-state index contributed by atoms with van der Waals surface area (Å²) in [5.41, 5.74) is 5.58. The molecule has 1 rings (SSSR count). The molecular weight excluding hydrogens is 256 g/mol. The summed E-state index contributed by atoms with van der Waals surface area (Å²) >= 11 is 0. The third-order valence-electron chi connectivity index (χ3n) is 4.13. The summed E-state index contributed by atoms with van der Waals surface area (Å²) in [7, 11) is 0. The summed E-state index contributed by atoms with van der Waals surface area (Å²) < 4.78 is 0. The van der Waals surface area contributed by atoms with Crippen LogP contribution in [-0.4, -0.2) is 11.7 Å². The Bertz CT molecular complexity index is 496. The average molecular weight is 286 g/mol. The van der Waals surface area contributed by atoms with E-state index in [9.17, 15) is 0 Å². The van der Waals surface area contributed by atoms with Gasteiger partial charge in [0.05, 0.1) is 0 Å². The monoisotopic (exact) mass is 286 g/mol. The minimum atomic E-state index is 0.220. The maximum atomic E-state index is 8.86. The highest BCUT2D eigenvalue weighted by Crippen LogP contribution is 2.40. The third kappa shape index (κ3) is 5.89. The Morgan fingerprint density at radius 3 is 2.62 bits per heavy atom. The molecule has 0 saturated heterocycles. The highest BCUT2D eigenvalue weighted by atomic mass is 16.2. The lowest BCUT2D eigenvalue weighted by molar-refractivity contribution is 0.299. The van der Waals surface area contributed by atoms with E-state index in [0.29, 0.717) is 0 Å². The first-order valence-corrected chi connectivity index (χ1v) is 7.87. The van der Waals surface area contributed by atoms with Crippen molar-refractivity contribution in [3.63, 3.8) is 0 Å². The molecule has 1 nitrogen and oxygen atoms in total. The minimum Gasteiger partial charge on any atom is -0.396 e. The summed E-state index contributed by atoms with van der Waals surface area (Å²) in [4.78, 5) is 0. The van der Waals surface area contributed by atoms with Crippen LogP contribution in [0.25, 0.3) is 0 Å². The summed E-state index contributed by atoms with van der Waals surface area (Å²) in [6.45, 7) is 11.3. The van der Waals surface area contributed by atoms with E-state index in [4.69, 9.17) is 5.11 Å². The molecule has 0 bridgehead atoms. The van der Waals surface area contributed by atoms with Gasteiger partial charge in [-0.3, -0.25) is 0 Å². The van der Waals surface area contributed by atoms with Gasteiger partial charge >= 0.3 is 0 Å². The molecule has 0 unspecified atom stereocenters. The maximum absolute atomic E-state index is 8.86. The van der Waals surface area contributed by atoms with E-state index in [0.717, 1.165) is 6.42 Å². The Morgan fingerprint density at radius 2 is 2.00 bits per heavy atom. The predicted octanol–water partition coefficient (Wildman–Crippen LogP) is 5.51. The van der Waals surface area contributed by atoms with Crippen molar-refractivity contribution in [1.29, 1.82) is 0 Å². The summed E-state index contributed by atoms with van der Waals surface area (Å²) in [6.07, 6.45) is 16.2. The van der Waals surface area contributed by atoms with Crippen LogP contribution < -0.4 is 0 Å². The van der Waals surface area contributed by atoms with Crippen molar-refractivity contribution in [1.82, 2.24) is 0 Å². The molecule has 0 spiro atoms. The largest absolute Gasteiger partial charge is 0.396 e. The molecule has 0 aromatic rings. The number of allylic oxidation sites excluding steroid dienone is 9. The van der Waals surface area contributed by atoms with E-state index < -0.39 is 0 Å². The second-order valence-corrected chi connectivity index (χ2v) is 6.65. The van der Waals surface area contributed by atoms with E-state index >= 15 is 0 Å². The Labute approximate surface area is 130 Å². The summed E-state index contributed by atoms with van der Waals surface area (Å²) in [5.74, 6) is 0. The van der Waals surface area contributed by atoms with Crippen molar-refractivity contribution in [3.8, 4) is 0 Å². The predicted molar refractivity (Wildman–Crippen MR) is 93.2 cm³/mol. The van der Waals surface area contributed by atoms with Gasteiger partial charge in [-0.25, -0.2) is 0 Å². The molecule has 1 heteroatoms. The Morgan fingerprint density at radius 1 is 1.29 bits per heavy atom. The van der Waals surface area contributed by atoms with Gasteiger partial charge in [0.1, 0.15) is 0 Å². The van der Waals surface area contributed by atoms with Gasteiger partial charge in [-0.1, -0.05) is 67.0 Å². The topological polar surface area (TPSA) is 20.2 Å². The number of hydrogen-bond donors (Lipinski definition) is 1. The van der Waals surface area contributed by atoms with Crippen molar-refractivity contribution in [2.45, 2.75) is 53.9 Å². The van der Waals surface area contributed by atoms with Crippen LogP contribution in [0.1, 0.15) is 53.9 Å². The molecule has 0 heterocycles. The van der Waals surface area contributed by atoms with Crippen LogP contribution in [0.3, 0.4) is 0 Å². The number of aliphatic hydroxyl groups is 1. The van der Waals surface area contributed by atoms with Crippen LogP contribution in [0.2, 0.25) is 0 Å². The van der Waals surface area contributed by atoms with Gasteiger partial charge in [0.25, 0.3) is 0 Å². The maximum Gasteiger partial charge on any atom is 0.0468 e. The molecule has 0 aromatic carbocycles. The number of hydrogen-bond acceptors (Lipinski definition) is 1. The zero-order chi connectivity index (χ0) is 15.9. The highest BCUT2D eigenvalue weighted by molar-refractivity contribution is 5.40. The van der Waals surface area contributed by atoms with E-state index in [1.54, 1.807) is 0 Å². The number of aliphatic hydroxyl groups excluding tert-OH is 1. The van der Waals surface area contributed by atoms with Gasteiger partial charge in [0.15, 0.2) is 0 Å². The molecule has 0 aromatic heterocycles. The first-order chi connectivity index (χ1) is 9.86. The summed E-state index contributed by atoms with van der Waals surface area (Å²) in [6, 6.07) is 0. The molecule has 0 saturated carbocycles. The normalized spacial score (nSPS) is 22.0. The lowest BCUT2D eigenvalue weighted by Gasteiger charge is -2.32. The van der Waals surface area contributed by atoms with Gasteiger partial charge in [-0.2, -0.15) is 0 Å². The van der Waals surface area contributed by atoms with Gasteiger partial charge in [0.2, 0.25) is 0 Å². The van der Waals surface area contributed by atoms with Crippen LogP contribution in [0.5, 0.6) is 0 Å². The van der Waals surface area contributed by atoms with Crippen LogP contribution >= 0.6 is 0 Å². The molecule has 21 heavy (non-hydrogen) atoms. The van der Waals surface area contributed by atoms with E-state index in [1.165, 1.54) is 35.1 Å². The first-order valence-electron chi connectivity index (χ1n) is 7.87. The molecule has 116 valence electrons. The molecule has 0 aliphatic heterocycles. The van der Waals surface area contributed by atoms with Gasteiger partial charge < -0.3 is 5.11 Å². The standard InChI is InChI=1S/C20H30O/c1-16(8-6-9-17(2)13-15-21)11-12-19-18(3)10-7-14-20(19,4)5/h6,8-12,21H,7,13-15H2,1-5H3/b8-6+,16-11+,17-9+,19-12+. The average Bonchev–Trinajstić information content (AvgIpc) is 2.37. The van der Waals surface area contributed by atoms with Crippen LogP contribution in [0, 0.1) is 5.41 Å². The molecule has 0 radical (unpaired) electrons. The van der Waals surface area contributed by atoms with Crippen LogP contribution in [0.4, 0.5) is 0 Å². The Balaban J connectivity index is 2.80. The van der Waals surface area contributed by atoms with E-state index in [-0.39, 0.29) is 12.0 Å². The zero-order valence-electron chi connectivity index (χ0n) is 14.2. The van der Waals surface area contributed by atoms with Gasteiger partial charge in [-0.05, 0) is 51.0 Å². The second-order valence-electron chi connectivity index (χ2n) is 6.65. The Kier molecular flexibility index (Phi) is 6.91. The van der Waals surface area contributed by atoms with Crippen LogP contribution in [-0.2, 0) is 0 Å². The zero-order valence-corrected chi connectivity index (χ0v) is 14.2. The fourth-order valence-corrected chi connectivity index (χ4v) is 2.68. The molecule has 1 aliphatic carbocycles. The smallest absolute Gasteiger partial charge is 0.0468 e.